The number of nitrogens with one attached hydrogen (secondary N) is 2. The second kappa shape index (κ2) is 14.4. The first kappa shape index (κ1) is 28.2. The summed E-state index contributed by atoms with van der Waals surface area (Å²) < 4.78 is 11.3. The fraction of sp³-hybridized carbons (Fsp3) is 0.741. The third kappa shape index (κ3) is 8.32. The van der Waals surface area contributed by atoms with E-state index in [1.54, 1.807) is 24.1 Å². The summed E-state index contributed by atoms with van der Waals surface area (Å²) in [4.78, 5) is 15.1. The molecular formula is C27H44ClN3O4. The fourth-order valence-corrected chi connectivity index (χ4v) is 5.73. The highest BCUT2D eigenvalue weighted by Crippen LogP contribution is 2.35. The third-order valence-electron chi connectivity index (χ3n) is 7.49. The van der Waals surface area contributed by atoms with E-state index < -0.39 is 11.7 Å². The molecule has 0 bridgehead atoms. The van der Waals surface area contributed by atoms with Crippen LogP contribution in [0.3, 0.4) is 0 Å². The number of aliphatic hydroxyl groups is 1. The van der Waals surface area contributed by atoms with Gasteiger partial charge in [0.05, 0.1) is 13.2 Å². The molecule has 1 aromatic rings. The van der Waals surface area contributed by atoms with Crippen LogP contribution in [-0.4, -0.2) is 75.2 Å². The van der Waals surface area contributed by atoms with Gasteiger partial charge in [0.25, 0.3) is 0 Å². The van der Waals surface area contributed by atoms with Gasteiger partial charge in [-0.05, 0) is 56.3 Å². The number of ether oxygens (including phenoxy) is 2. The fourth-order valence-electron chi connectivity index (χ4n) is 5.54. The standard InChI is InChI=1S/C27H44ClN3O4/c1-29-19-24(17-21-9-4-3-5-10-21)30-26(32)31-14-16-35-25(20-31)27(33,13-6-7-15-34-2)22-11-8-12-23(28)18-22/h8,11-12,18,21,24-25,29,33H,3-7,9-10,13-17,19-20H2,1-2H3,(H,30,32)/t24-,25+,27-/m0/s1. The van der Waals surface area contributed by atoms with E-state index in [0.717, 1.165) is 31.4 Å². The number of halogens is 1. The molecule has 198 valence electrons. The van der Waals surface area contributed by atoms with Crippen LogP contribution in [-0.2, 0) is 15.1 Å². The highest BCUT2D eigenvalue weighted by Gasteiger charge is 2.42. The molecule has 1 aliphatic carbocycles. The van der Waals surface area contributed by atoms with Crippen molar-refractivity contribution in [3.63, 3.8) is 0 Å². The highest BCUT2D eigenvalue weighted by atomic mass is 35.5. The molecule has 0 aromatic heterocycles. The van der Waals surface area contributed by atoms with Crippen LogP contribution in [0.15, 0.2) is 24.3 Å². The Morgan fingerprint density at radius 1 is 1.31 bits per heavy atom. The number of benzene rings is 1. The number of likely N-dealkylation sites (N-methyl/N-ethyl adjacent to an activating group) is 1. The van der Waals surface area contributed by atoms with Crippen LogP contribution >= 0.6 is 11.6 Å². The number of morpholine rings is 1. The average molecular weight is 510 g/mol. The number of nitrogens with zero attached hydrogens (tertiary/aromatic N) is 1. The van der Waals surface area contributed by atoms with Gasteiger partial charge in [0.15, 0.2) is 0 Å². The maximum absolute atomic E-state index is 13.3. The highest BCUT2D eigenvalue weighted by molar-refractivity contribution is 6.30. The summed E-state index contributed by atoms with van der Waals surface area (Å²) in [6.07, 6.45) is 9.01. The summed E-state index contributed by atoms with van der Waals surface area (Å²) in [5, 5.41) is 19.0. The van der Waals surface area contributed by atoms with Crippen LogP contribution in [0, 0.1) is 5.92 Å². The van der Waals surface area contributed by atoms with Crippen molar-refractivity contribution in [3.8, 4) is 0 Å². The van der Waals surface area contributed by atoms with Crippen LogP contribution in [0.25, 0.3) is 0 Å². The minimum Gasteiger partial charge on any atom is -0.385 e. The predicted octanol–water partition coefficient (Wildman–Crippen LogP) is 4.31. The molecule has 3 rings (SSSR count). The Morgan fingerprint density at radius 2 is 2.11 bits per heavy atom. The van der Waals surface area contributed by atoms with E-state index >= 15 is 0 Å². The number of rotatable bonds is 12. The maximum atomic E-state index is 13.3. The van der Waals surface area contributed by atoms with Gasteiger partial charge in [-0.25, -0.2) is 4.79 Å². The largest absolute Gasteiger partial charge is 0.385 e. The Morgan fingerprint density at radius 3 is 2.83 bits per heavy atom. The van der Waals surface area contributed by atoms with Crippen molar-refractivity contribution >= 4 is 17.6 Å². The number of hydrogen-bond acceptors (Lipinski definition) is 5. The Hall–Kier alpha value is -1.38. The van der Waals surface area contributed by atoms with Gasteiger partial charge in [0.2, 0.25) is 0 Å². The van der Waals surface area contributed by atoms with Crippen molar-refractivity contribution in [2.75, 3.05) is 47.0 Å². The number of unbranched alkanes of at least 4 members (excludes halogenated alkanes) is 1. The molecule has 0 unspecified atom stereocenters. The van der Waals surface area contributed by atoms with Crippen LogP contribution in [0.4, 0.5) is 4.79 Å². The van der Waals surface area contributed by atoms with E-state index in [2.05, 4.69) is 10.6 Å². The van der Waals surface area contributed by atoms with Crippen molar-refractivity contribution in [2.24, 2.45) is 5.92 Å². The average Bonchev–Trinajstić information content (AvgIpc) is 2.87. The number of amides is 2. The Bertz CT molecular complexity index is 777. The predicted molar refractivity (Wildman–Crippen MR) is 140 cm³/mol. The lowest BCUT2D eigenvalue weighted by molar-refractivity contribution is -0.146. The van der Waals surface area contributed by atoms with Gasteiger partial charge < -0.3 is 30.1 Å². The van der Waals surface area contributed by atoms with Gasteiger partial charge in [-0.3, -0.25) is 0 Å². The van der Waals surface area contributed by atoms with Crippen LogP contribution < -0.4 is 10.6 Å². The zero-order valence-corrected chi connectivity index (χ0v) is 22.2. The molecule has 0 radical (unpaired) electrons. The molecule has 2 amide bonds. The monoisotopic (exact) mass is 509 g/mol. The molecule has 1 aliphatic heterocycles. The van der Waals surface area contributed by atoms with Crippen LogP contribution in [0.5, 0.6) is 0 Å². The summed E-state index contributed by atoms with van der Waals surface area (Å²) in [6.45, 7) is 2.61. The van der Waals surface area contributed by atoms with Crippen molar-refractivity contribution in [1.29, 1.82) is 0 Å². The van der Waals surface area contributed by atoms with Gasteiger partial charge in [-0.15, -0.1) is 0 Å². The van der Waals surface area contributed by atoms with E-state index in [4.69, 9.17) is 21.1 Å². The lowest BCUT2D eigenvalue weighted by Crippen LogP contribution is -2.58. The lowest BCUT2D eigenvalue weighted by Gasteiger charge is -2.43. The molecule has 1 saturated heterocycles. The summed E-state index contributed by atoms with van der Waals surface area (Å²) in [7, 11) is 3.61. The summed E-state index contributed by atoms with van der Waals surface area (Å²) in [5.41, 5.74) is -0.524. The first-order valence-corrected chi connectivity index (χ1v) is 13.6. The lowest BCUT2D eigenvalue weighted by atomic mass is 9.82. The number of urea groups is 1. The van der Waals surface area contributed by atoms with E-state index in [9.17, 15) is 9.90 Å². The molecule has 8 heteroatoms. The Kier molecular flexibility index (Phi) is 11.6. The Balaban J connectivity index is 1.67. The molecule has 7 nitrogen and oxygen atoms in total. The van der Waals surface area contributed by atoms with E-state index in [0.29, 0.717) is 43.7 Å². The second-order valence-corrected chi connectivity index (χ2v) is 10.6. The molecule has 1 saturated carbocycles. The van der Waals surface area contributed by atoms with Gasteiger partial charge >= 0.3 is 6.03 Å². The van der Waals surface area contributed by atoms with Crippen molar-refractivity contribution in [1.82, 2.24) is 15.5 Å². The van der Waals surface area contributed by atoms with Crippen LogP contribution in [0.1, 0.15) is 63.4 Å². The Labute approximate surface area is 215 Å². The van der Waals surface area contributed by atoms with Crippen LogP contribution in [0.2, 0.25) is 5.02 Å². The number of carbonyl (C=O) groups excluding carboxylic acids is 1. The zero-order chi connectivity index (χ0) is 25.1. The van der Waals surface area contributed by atoms with Gasteiger partial charge in [-0.2, -0.15) is 0 Å². The molecule has 35 heavy (non-hydrogen) atoms. The summed E-state index contributed by atoms with van der Waals surface area (Å²) >= 11 is 6.27. The smallest absolute Gasteiger partial charge is 0.317 e. The van der Waals surface area contributed by atoms with Crippen molar-refractivity contribution in [3.05, 3.63) is 34.9 Å². The molecule has 2 fully saturated rings. The molecule has 1 aromatic carbocycles. The minimum atomic E-state index is -1.25. The van der Waals surface area contributed by atoms with Crippen molar-refractivity contribution in [2.45, 2.75) is 75.5 Å². The molecule has 3 N–H and O–H groups in total. The number of carbonyl (C=O) groups is 1. The number of hydrogen-bond donors (Lipinski definition) is 3. The quantitative estimate of drug-likeness (QED) is 0.366. The maximum Gasteiger partial charge on any atom is 0.317 e. The molecule has 1 heterocycles. The third-order valence-corrected chi connectivity index (χ3v) is 7.72. The summed E-state index contributed by atoms with van der Waals surface area (Å²) in [5.74, 6) is 0.680. The normalized spacial score (nSPS) is 21.9. The molecule has 0 spiro atoms. The molecule has 3 atom stereocenters. The topological polar surface area (TPSA) is 83.1 Å². The minimum absolute atomic E-state index is 0.0813. The summed E-state index contributed by atoms with van der Waals surface area (Å²) in [6, 6.07) is 7.34. The van der Waals surface area contributed by atoms with E-state index in [1.165, 1.54) is 32.1 Å². The molecule has 2 aliphatic rings. The SMILES string of the molecule is CNC[C@H](CC1CCCCC1)NC(=O)N1CCO[C@@H]([C@](O)(CCCCOC)c2cccc(Cl)c2)C1. The second-order valence-electron chi connectivity index (χ2n) is 10.1. The van der Waals surface area contributed by atoms with Gasteiger partial charge in [0, 0.05) is 37.9 Å². The van der Waals surface area contributed by atoms with Crippen molar-refractivity contribution < 1.29 is 19.4 Å². The van der Waals surface area contributed by atoms with Gasteiger partial charge in [-0.1, -0.05) is 55.8 Å². The molecular weight excluding hydrogens is 466 g/mol. The van der Waals surface area contributed by atoms with Gasteiger partial charge in [0.1, 0.15) is 11.7 Å². The van der Waals surface area contributed by atoms with E-state index in [-0.39, 0.29) is 12.1 Å². The zero-order valence-electron chi connectivity index (χ0n) is 21.4. The first-order chi connectivity index (χ1) is 17.0. The first-order valence-electron chi connectivity index (χ1n) is 13.2. The van der Waals surface area contributed by atoms with E-state index in [1.807, 2.05) is 19.2 Å². The number of methoxy groups -OCH3 is 1.